The first-order valence-corrected chi connectivity index (χ1v) is 9.96. The fourth-order valence-corrected chi connectivity index (χ4v) is 5.66. The molecule has 2 aromatic carbocycles. The smallest absolute Gasteiger partial charge is 0.243 e. The van der Waals surface area contributed by atoms with E-state index in [9.17, 15) is 4.79 Å². The van der Waals surface area contributed by atoms with Crippen molar-refractivity contribution in [2.24, 2.45) is 5.92 Å². The lowest BCUT2D eigenvalue weighted by Gasteiger charge is -2.33. The number of hydrogen-bond acceptors (Lipinski definition) is 3. The molecule has 3 aliphatic rings. The maximum absolute atomic E-state index is 13.6. The van der Waals surface area contributed by atoms with E-state index in [1.54, 1.807) is 7.11 Å². The maximum atomic E-state index is 13.6. The van der Waals surface area contributed by atoms with E-state index < -0.39 is 0 Å². The van der Waals surface area contributed by atoms with Crippen molar-refractivity contribution in [1.29, 1.82) is 0 Å². The van der Waals surface area contributed by atoms with Crippen molar-refractivity contribution in [3.63, 3.8) is 0 Å². The molecule has 3 aliphatic heterocycles. The fourth-order valence-electron chi connectivity index (χ4n) is 5.66. The average molecular weight is 362 g/mol. The summed E-state index contributed by atoms with van der Waals surface area (Å²) >= 11 is 0. The average Bonchev–Trinajstić information content (AvgIpc) is 3.34. The second-order valence-electron chi connectivity index (χ2n) is 8.11. The van der Waals surface area contributed by atoms with E-state index in [4.69, 9.17) is 4.74 Å². The lowest BCUT2D eigenvalue weighted by Crippen LogP contribution is -2.49. The Labute approximate surface area is 160 Å². The highest BCUT2D eigenvalue weighted by atomic mass is 16.5. The van der Waals surface area contributed by atoms with Crippen molar-refractivity contribution in [2.45, 2.75) is 37.4 Å². The third-order valence-corrected chi connectivity index (χ3v) is 6.84. The van der Waals surface area contributed by atoms with Crippen molar-refractivity contribution in [3.05, 3.63) is 65.7 Å². The maximum Gasteiger partial charge on any atom is 0.243 e. The molecule has 0 aliphatic carbocycles. The van der Waals surface area contributed by atoms with Gasteiger partial charge in [-0.25, -0.2) is 0 Å². The van der Waals surface area contributed by atoms with Crippen molar-refractivity contribution in [1.82, 2.24) is 9.80 Å². The van der Waals surface area contributed by atoms with Crippen molar-refractivity contribution < 1.29 is 9.53 Å². The fraction of sp³-hybridized carbons (Fsp3) is 0.435. The Balaban J connectivity index is 1.39. The molecule has 4 heteroatoms. The number of rotatable bonds is 4. The number of carbonyl (C=O) groups excluding carboxylic acids is 1. The predicted molar refractivity (Wildman–Crippen MR) is 104 cm³/mol. The number of carbonyl (C=O) groups is 1. The van der Waals surface area contributed by atoms with Crippen LogP contribution in [0.25, 0.3) is 0 Å². The van der Waals surface area contributed by atoms with E-state index in [1.165, 1.54) is 11.1 Å². The number of likely N-dealkylation sites (tertiary alicyclic amines) is 1. The molecule has 3 fully saturated rings. The molecule has 0 N–H and O–H groups in total. The highest BCUT2D eigenvalue weighted by Crippen LogP contribution is 2.56. The van der Waals surface area contributed by atoms with Crippen LogP contribution in [0, 0.1) is 5.92 Å². The van der Waals surface area contributed by atoms with Gasteiger partial charge in [-0.15, -0.1) is 0 Å². The lowest BCUT2D eigenvalue weighted by molar-refractivity contribution is -0.137. The third kappa shape index (κ3) is 2.50. The van der Waals surface area contributed by atoms with Gasteiger partial charge in [0, 0.05) is 25.0 Å². The molecule has 0 radical (unpaired) electrons. The lowest BCUT2D eigenvalue weighted by atomic mass is 9.85. The first kappa shape index (κ1) is 16.8. The molecule has 3 atom stereocenters. The van der Waals surface area contributed by atoms with Gasteiger partial charge in [0.1, 0.15) is 11.3 Å². The van der Waals surface area contributed by atoms with E-state index in [0.29, 0.717) is 24.4 Å². The van der Waals surface area contributed by atoms with E-state index in [0.717, 1.165) is 38.1 Å². The molecule has 1 amide bonds. The molecule has 27 heavy (non-hydrogen) atoms. The third-order valence-electron chi connectivity index (χ3n) is 6.84. The highest BCUT2D eigenvalue weighted by Gasteiger charge is 2.64. The second-order valence-corrected chi connectivity index (χ2v) is 8.11. The zero-order valence-corrected chi connectivity index (χ0v) is 15.8. The molecule has 1 spiro atoms. The van der Waals surface area contributed by atoms with Gasteiger partial charge in [0.25, 0.3) is 0 Å². The van der Waals surface area contributed by atoms with Gasteiger partial charge >= 0.3 is 0 Å². The Kier molecular flexibility index (Phi) is 3.97. The van der Waals surface area contributed by atoms with Gasteiger partial charge in [0.15, 0.2) is 0 Å². The summed E-state index contributed by atoms with van der Waals surface area (Å²) in [5.41, 5.74) is 2.28. The van der Waals surface area contributed by atoms with E-state index >= 15 is 0 Å². The molecular formula is C23H26N2O2. The summed E-state index contributed by atoms with van der Waals surface area (Å²) in [4.78, 5) is 18.2. The second kappa shape index (κ2) is 6.38. The normalized spacial score (nSPS) is 29.8. The van der Waals surface area contributed by atoms with Gasteiger partial charge in [-0.2, -0.15) is 0 Å². The molecule has 3 heterocycles. The zero-order valence-electron chi connectivity index (χ0n) is 15.8. The number of methoxy groups -OCH3 is 1. The minimum atomic E-state index is -0.257. The molecule has 0 unspecified atom stereocenters. The summed E-state index contributed by atoms with van der Waals surface area (Å²) in [6.45, 7) is 2.62. The molecular weight excluding hydrogens is 336 g/mol. The monoisotopic (exact) mass is 362 g/mol. The molecule has 0 saturated carbocycles. The van der Waals surface area contributed by atoms with Crippen LogP contribution < -0.4 is 4.74 Å². The van der Waals surface area contributed by atoms with Gasteiger partial charge in [-0.1, -0.05) is 42.5 Å². The number of amides is 1. The van der Waals surface area contributed by atoms with Crippen LogP contribution in [-0.4, -0.2) is 41.4 Å². The van der Waals surface area contributed by atoms with Crippen molar-refractivity contribution in [2.75, 3.05) is 20.2 Å². The topological polar surface area (TPSA) is 32.8 Å². The van der Waals surface area contributed by atoms with Crippen LogP contribution in [0.1, 0.15) is 36.4 Å². The summed E-state index contributed by atoms with van der Waals surface area (Å²) < 4.78 is 5.24. The van der Waals surface area contributed by atoms with E-state index in [2.05, 4.69) is 52.3 Å². The summed E-state index contributed by atoms with van der Waals surface area (Å²) in [6.07, 6.45) is 3.23. The summed E-state index contributed by atoms with van der Waals surface area (Å²) in [7, 11) is 1.68. The van der Waals surface area contributed by atoms with Crippen LogP contribution in [0.3, 0.4) is 0 Å². The van der Waals surface area contributed by atoms with Crippen LogP contribution >= 0.6 is 0 Å². The van der Waals surface area contributed by atoms with E-state index in [1.807, 2.05) is 12.1 Å². The van der Waals surface area contributed by atoms with Crippen molar-refractivity contribution >= 4 is 5.91 Å². The van der Waals surface area contributed by atoms with Crippen LogP contribution in [0.2, 0.25) is 0 Å². The Hall–Kier alpha value is -2.33. The van der Waals surface area contributed by atoms with Crippen LogP contribution in [-0.2, 0) is 11.3 Å². The van der Waals surface area contributed by atoms with E-state index in [-0.39, 0.29) is 5.54 Å². The summed E-state index contributed by atoms with van der Waals surface area (Å²) in [5.74, 6) is 1.64. The number of ether oxygens (including phenoxy) is 1. The minimum absolute atomic E-state index is 0.257. The highest BCUT2D eigenvalue weighted by molar-refractivity contribution is 5.90. The first-order valence-electron chi connectivity index (χ1n) is 9.96. The Bertz CT molecular complexity index is 835. The molecule has 3 saturated heterocycles. The predicted octanol–water partition coefficient (Wildman–Crippen LogP) is 3.63. The van der Waals surface area contributed by atoms with Gasteiger partial charge in [-0.3, -0.25) is 9.69 Å². The van der Waals surface area contributed by atoms with Crippen LogP contribution in [0.4, 0.5) is 0 Å². The summed E-state index contributed by atoms with van der Waals surface area (Å²) in [6, 6.07) is 19.2. The number of nitrogens with zero attached hydrogens (tertiary/aromatic N) is 2. The Morgan fingerprint density at radius 1 is 1.11 bits per heavy atom. The zero-order chi connectivity index (χ0) is 18.4. The number of benzene rings is 2. The molecule has 4 nitrogen and oxygen atoms in total. The van der Waals surface area contributed by atoms with Crippen LogP contribution in [0.15, 0.2) is 54.6 Å². The minimum Gasteiger partial charge on any atom is -0.497 e. The van der Waals surface area contributed by atoms with Gasteiger partial charge in [0.05, 0.1) is 7.11 Å². The number of hydrogen-bond donors (Lipinski definition) is 0. The quantitative estimate of drug-likeness (QED) is 0.833. The molecule has 5 rings (SSSR count). The first-order chi connectivity index (χ1) is 13.2. The Morgan fingerprint density at radius 2 is 1.89 bits per heavy atom. The van der Waals surface area contributed by atoms with Gasteiger partial charge in [0.2, 0.25) is 5.91 Å². The molecule has 0 bridgehead atoms. The Morgan fingerprint density at radius 3 is 2.63 bits per heavy atom. The molecule has 2 aromatic rings. The standard InChI is InChI=1S/C23H26N2O2/c1-27-20-10-8-17(9-11-20)15-24-16-19-14-21(18-6-3-2-4-7-18)25-13-5-12-23(19,25)22(24)26/h2-4,6-11,19,21H,5,12-16H2,1H3/t19-,21-,23-/m0/s1. The van der Waals surface area contributed by atoms with Gasteiger partial charge in [-0.05, 0) is 49.1 Å². The largest absolute Gasteiger partial charge is 0.497 e. The van der Waals surface area contributed by atoms with Gasteiger partial charge < -0.3 is 9.64 Å². The molecule has 140 valence electrons. The van der Waals surface area contributed by atoms with Crippen molar-refractivity contribution in [3.8, 4) is 5.75 Å². The van der Waals surface area contributed by atoms with Crippen LogP contribution in [0.5, 0.6) is 5.75 Å². The SMILES string of the molecule is COc1ccc(CN2C[C@@H]3C[C@@H](c4ccccc4)N4CCC[C@@]34C2=O)cc1. The summed E-state index contributed by atoms with van der Waals surface area (Å²) in [5, 5.41) is 0. The molecule has 0 aromatic heterocycles.